The molecule has 0 aliphatic heterocycles. The van der Waals surface area contributed by atoms with Gasteiger partial charge in [-0.3, -0.25) is 14.6 Å². The molecular weight excluding hydrogens is 274 g/mol. The molecule has 0 bridgehead atoms. The minimum Gasteiger partial charge on any atom is -0.462 e. The maximum atomic E-state index is 11.5. The quantitative estimate of drug-likeness (QED) is 0.660. The molecule has 2 aromatic rings. The number of esters is 1. The second-order valence-corrected chi connectivity index (χ2v) is 4.20. The second-order valence-electron chi connectivity index (χ2n) is 4.20. The molecule has 0 unspecified atom stereocenters. The third kappa shape index (κ3) is 3.16. The molecule has 1 aromatic carbocycles. The Balaban J connectivity index is 2.18. The number of aryl methyl sites for hydroxylation is 1. The van der Waals surface area contributed by atoms with Crippen LogP contribution in [0.1, 0.15) is 17.3 Å². The van der Waals surface area contributed by atoms with E-state index in [1.165, 1.54) is 4.68 Å². The Kier molecular flexibility index (Phi) is 4.17. The predicted molar refractivity (Wildman–Crippen MR) is 77.0 cm³/mol. The van der Waals surface area contributed by atoms with E-state index in [0.29, 0.717) is 17.9 Å². The van der Waals surface area contributed by atoms with E-state index in [-0.39, 0.29) is 11.5 Å². The average molecular weight is 289 g/mol. The Morgan fingerprint density at radius 2 is 2.00 bits per heavy atom. The van der Waals surface area contributed by atoms with E-state index >= 15 is 0 Å². The monoisotopic (exact) mass is 289 g/mol. The molecule has 2 rings (SSSR count). The van der Waals surface area contributed by atoms with Gasteiger partial charge >= 0.3 is 5.97 Å². The van der Waals surface area contributed by atoms with Crippen LogP contribution in [0.25, 0.3) is 0 Å². The number of ether oxygens (including phenoxy) is 1. The lowest BCUT2D eigenvalue weighted by Crippen LogP contribution is -2.03. The predicted octanol–water partition coefficient (Wildman–Crippen LogP) is 1.89. The Hall–Kier alpha value is -2.90. The Labute approximate surface area is 120 Å². The zero-order valence-corrected chi connectivity index (χ0v) is 11.7. The van der Waals surface area contributed by atoms with Gasteiger partial charge < -0.3 is 10.5 Å². The van der Waals surface area contributed by atoms with Crippen molar-refractivity contribution in [2.24, 2.45) is 17.3 Å². The van der Waals surface area contributed by atoms with Gasteiger partial charge in [0.1, 0.15) is 0 Å². The Bertz CT molecular complexity index is 727. The summed E-state index contributed by atoms with van der Waals surface area (Å²) < 4.78 is 6.24. The summed E-state index contributed by atoms with van der Waals surface area (Å²) in [6.07, 6.45) is 0. The number of hydrogen-bond acceptors (Lipinski definition) is 6. The number of nitrogens with two attached hydrogens (primary N) is 1. The number of aromatic nitrogens is 2. The highest BCUT2D eigenvalue weighted by Gasteiger charge is 2.09. The fourth-order valence-corrected chi connectivity index (χ4v) is 1.62. The van der Waals surface area contributed by atoms with E-state index in [9.17, 15) is 9.59 Å². The van der Waals surface area contributed by atoms with E-state index in [0.717, 1.165) is 0 Å². The SMILES string of the molecule is CCOC(=O)c1ccc(N=Nc2c(N)n(C)[nH]c2=O)cc1. The van der Waals surface area contributed by atoms with E-state index in [2.05, 4.69) is 15.3 Å². The summed E-state index contributed by atoms with van der Waals surface area (Å²) in [5, 5.41) is 10.2. The summed E-state index contributed by atoms with van der Waals surface area (Å²) in [6, 6.07) is 6.35. The number of aromatic amines is 1. The highest BCUT2D eigenvalue weighted by atomic mass is 16.5. The number of nitrogens with zero attached hydrogens (tertiary/aromatic N) is 3. The molecule has 3 N–H and O–H groups in total. The van der Waals surface area contributed by atoms with Gasteiger partial charge in [0.05, 0.1) is 17.9 Å². The van der Waals surface area contributed by atoms with E-state index in [4.69, 9.17) is 10.5 Å². The molecule has 110 valence electrons. The lowest BCUT2D eigenvalue weighted by molar-refractivity contribution is 0.0526. The molecule has 0 amide bonds. The summed E-state index contributed by atoms with van der Waals surface area (Å²) in [6.45, 7) is 2.05. The highest BCUT2D eigenvalue weighted by molar-refractivity contribution is 5.89. The number of carbonyl (C=O) groups is 1. The average Bonchev–Trinajstić information content (AvgIpc) is 2.71. The molecule has 1 heterocycles. The van der Waals surface area contributed by atoms with Crippen LogP contribution < -0.4 is 11.3 Å². The number of hydrogen-bond donors (Lipinski definition) is 2. The first-order chi connectivity index (χ1) is 10.0. The zero-order valence-electron chi connectivity index (χ0n) is 11.7. The van der Waals surface area contributed by atoms with Gasteiger partial charge in [-0.05, 0) is 31.2 Å². The van der Waals surface area contributed by atoms with Crippen LogP contribution in [-0.2, 0) is 11.8 Å². The van der Waals surface area contributed by atoms with Gasteiger partial charge in [0.25, 0.3) is 5.56 Å². The smallest absolute Gasteiger partial charge is 0.338 e. The Morgan fingerprint density at radius 1 is 1.33 bits per heavy atom. The first-order valence-corrected chi connectivity index (χ1v) is 6.26. The molecule has 8 nitrogen and oxygen atoms in total. The first kappa shape index (κ1) is 14.5. The van der Waals surface area contributed by atoms with Crippen LogP contribution in [0.5, 0.6) is 0 Å². The summed E-state index contributed by atoms with van der Waals surface area (Å²) in [7, 11) is 1.60. The van der Waals surface area contributed by atoms with Gasteiger partial charge in [0.15, 0.2) is 11.5 Å². The second kappa shape index (κ2) is 6.04. The van der Waals surface area contributed by atoms with Crippen LogP contribution in [0, 0.1) is 0 Å². The number of rotatable bonds is 4. The third-order valence-corrected chi connectivity index (χ3v) is 2.73. The molecule has 0 radical (unpaired) electrons. The standard InChI is InChI=1S/C13H15N5O3/c1-3-21-13(20)8-4-6-9(7-5-8)15-16-10-11(14)18(2)17-12(10)19/h4-7H,3,14H2,1-2H3,(H,17,19). The Morgan fingerprint density at radius 3 is 2.52 bits per heavy atom. The maximum absolute atomic E-state index is 11.5. The van der Waals surface area contributed by atoms with Crippen LogP contribution in [0.2, 0.25) is 0 Å². The van der Waals surface area contributed by atoms with Gasteiger partial charge in [0.2, 0.25) is 0 Å². The van der Waals surface area contributed by atoms with Gasteiger partial charge in [-0.2, -0.15) is 5.11 Å². The molecule has 1 aromatic heterocycles. The number of nitrogen functional groups attached to an aromatic ring is 1. The third-order valence-electron chi connectivity index (χ3n) is 2.73. The molecule has 0 saturated carbocycles. The van der Waals surface area contributed by atoms with Crippen molar-refractivity contribution in [3.63, 3.8) is 0 Å². The van der Waals surface area contributed by atoms with Crippen molar-refractivity contribution < 1.29 is 9.53 Å². The lowest BCUT2D eigenvalue weighted by Gasteiger charge is -2.01. The number of benzene rings is 1. The van der Waals surface area contributed by atoms with Crippen molar-refractivity contribution in [1.29, 1.82) is 0 Å². The van der Waals surface area contributed by atoms with Crippen LogP contribution in [0.4, 0.5) is 17.2 Å². The molecule has 21 heavy (non-hydrogen) atoms. The fraction of sp³-hybridized carbons (Fsp3) is 0.231. The van der Waals surface area contributed by atoms with Crippen LogP contribution in [0.15, 0.2) is 39.3 Å². The van der Waals surface area contributed by atoms with Gasteiger partial charge in [-0.15, -0.1) is 5.11 Å². The molecule has 8 heteroatoms. The van der Waals surface area contributed by atoms with Crippen molar-refractivity contribution in [3.8, 4) is 0 Å². The van der Waals surface area contributed by atoms with E-state index in [1.807, 2.05) is 0 Å². The number of nitrogens with one attached hydrogen (secondary N) is 1. The lowest BCUT2D eigenvalue weighted by atomic mass is 10.2. The van der Waals surface area contributed by atoms with Crippen molar-refractivity contribution in [1.82, 2.24) is 9.78 Å². The van der Waals surface area contributed by atoms with Crippen molar-refractivity contribution >= 4 is 23.2 Å². The topological polar surface area (TPSA) is 115 Å². The van der Waals surface area contributed by atoms with Crippen molar-refractivity contribution in [2.75, 3.05) is 12.3 Å². The fourth-order valence-electron chi connectivity index (χ4n) is 1.62. The maximum Gasteiger partial charge on any atom is 0.338 e. The van der Waals surface area contributed by atoms with E-state index in [1.54, 1.807) is 38.2 Å². The van der Waals surface area contributed by atoms with Crippen LogP contribution >= 0.6 is 0 Å². The number of carbonyl (C=O) groups excluding carboxylic acids is 1. The molecular formula is C13H15N5O3. The number of H-pyrrole nitrogens is 1. The first-order valence-electron chi connectivity index (χ1n) is 6.26. The van der Waals surface area contributed by atoms with Gasteiger partial charge in [-0.25, -0.2) is 4.79 Å². The van der Waals surface area contributed by atoms with Crippen molar-refractivity contribution in [2.45, 2.75) is 6.92 Å². The minimum absolute atomic E-state index is 0.0481. The van der Waals surface area contributed by atoms with Gasteiger partial charge in [0, 0.05) is 7.05 Å². The molecule has 0 spiro atoms. The highest BCUT2D eigenvalue weighted by Crippen LogP contribution is 2.20. The summed E-state index contributed by atoms with van der Waals surface area (Å²) in [5.41, 5.74) is 6.23. The number of anilines is 1. The van der Waals surface area contributed by atoms with Crippen LogP contribution in [0.3, 0.4) is 0 Å². The molecule has 0 aliphatic carbocycles. The zero-order chi connectivity index (χ0) is 15.4. The van der Waals surface area contributed by atoms with Crippen molar-refractivity contribution in [3.05, 3.63) is 40.2 Å². The minimum atomic E-state index is -0.415. The molecule has 0 saturated heterocycles. The number of azo groups is 1. The largest absolute Gasteiger partial charge is 0.462 e. The van der Waals surface area contributed by atoms with E-state index < -0.39 is 11.5 Å². The summed E-state index contributed by atoms with van der Waals surface area (Å²) >= 11 is 0. The normalized spacial score (nSPS) is 11.0. The molecule has 0 aliphatic rings. The summed E-state index contributed by atoms with van der Waals surface area (Å²) in [5.74, 6) is -0.198. The summed E-state index contributed by atoms with van der Waals surface area (Å²) in [4.78, 5) is 23.0. The van der Waals surface area contributed by atoms with Gasteiger partial charge in [-0.1, -0.05) is 0 Å². The molecule has 0 fully saturated rings. The van der Waals surface area contributed by atoms with Crippen LogP contribution in [-0.4, -0.2) is 22.4 Å². The molecule has 0 atom stereocenters.